The third kappa shape index (κ3) is 9.71. The Morgan fingerprint density at radius 3 is 2.03 bits per heavy atom. The fraction of sp³-hybridized carbons (Fsp3) is 0.731. The Kier molecular flexibility index (Phi) is 12.3. The van der Waals surface area contributed by atoms with E-state index in [1.807, 2.05) is 32.1 Å². The van der Waals surface area contributed by atoms with Gasteiger partial charge in [-0.15, -0.1) is 13.2 Å². The number of nitrogens with two attached hydrogens (primary N) is 1. The summed E-state index contributed by atoms with van der Waals surface area (Å²) in [5.74, 6) is 1.37. The van der Waals surface area contributed by atoms with Crippen molar-refractivity contribution in [3.05, 3.63) is 37.5 Å². The number of allylic oxidation sites excluding steroid dienone is 1. The molecule has 8 atom stereocenters. The van der Waals surface area contributed by atoms with E-state index in [-0.39, 0.29) is 36.3 Å². The van der Waals surface area contributed by atoms with Gasteiger partial charge in [-0.05, 0) is 63.4 Å². The molecule has 0 aromatic carbocycles. The first-order valence-electron chi connectivity index (χ1n) is 11.9. The minimum Gasteiger partial charge on any atom is -0.373 e. The molecule has 2 rings (SSSR count). The quantitative estimate of drug-likeness (QED) is 0.447. The van der Waals surface area contributed by atoms with E-state index in [9.17, 15) is 4.79 Å². The SMILES string of the molecule is C=CC[C@@H]1O[C@H](C)[C@H](N)C[C@@H]1C.C=CC[C@@H]1O[C@H](C)[C@H](NC(=O)/C=C\C(C)C)C[C@@H]1C. The molecule has 0 unspecified atom stereocenters. The molecular formula is C26H46N2O3. The molecule has 0 aromatic rings. The zero-order chi connectivity index (χ0) is 23.6. The van der Waals surface area contributed by atoms with Gasteiger partial charge in [-0.1, -0.05) is 45.9 Å². The zero-order valence-electron chi connectivity index (χ0n) is 20.6. The van der Waals surface area contributed by atoms with Crippen molar-refractivity contribution in [1.29, 1.82) is 0 Å². The van der Waals surface area contributed by atoms with Crippen molar-refractivity contribution in [2.45, 2.75) is 104 Å². The highest BCUT2D eigenvalue weighted by atomic mass is 16.5. The minimum atomic E-state index is -0.0245. The average molecular weight is 435 g/mol. The number of ether oxygens (including phenoxy) is 2. The Morgan fingerprint density at radius 1 is 1.00 bits per heavy atom. The molecule has 2 heterocycles. The maximum atomic E-state index is 11.8. The highest BCUT2D eigenvalue weighted by molar-refractivity contribution is 5.87. The number of hydrogen-bond acceptors (Lipinski definition) is 4. The van der Waals surface area contributed by atoms with Crippen molar-refractivity contribution < 1.29 is 14.3 Å². The lowest BCUT2D eigenvalue weighted by molar-refractivity contribution is -0.123. The van der Waals surface area contributed by atoms with Gasteiger partial charge in [0, 0.05) is 6.04 Å². The van der Waals surface area contributed by atoms with Crippen molar-refractivity contribution in [1.82, 2.24) is 5.32 Å². The lowest BCUT2D eigenvalue weighted by atomic mass is 9.88. The van der Waals surface area contributed by atoms with Crippen molar-refractivity contribution in [2.24, 2.45) is 23.5 Å². The van der Waals surface area contributed by atoms with Crippen LogP contribution in [0.25, 0.3) is 0 Å². The first-order valence-corrected chi connectivity index (χ1v) is 11.9. The fourth-order valence-corrected chi connectivity index (χ4v) is 4.12. The number of nitrogens with one attached hydrogen (secondary N) is 1. The first kappa shape index (κ1) is 27.6. The van der Waals surface area contributed by atoms with Gasteiger partial charge < -0.3 is 20.5 Å². The van der Waals surface area contributed by atoms with Gasteiger partial charge in [0.15, 0.2) is 0 Å². The van der Waals surface area contributed by atoms with Crippen LogP contribution in [-0.2, 0) is 14.3 Å². The van der Waals surface area contributed by atoms with Crippen LogP contribution in [0, 0.1) is 17.8 Å². The van der Waals surface area contributed by atoms with Crippen molar-refractivity contribution >= 4 is 5.91 Å². The number of hydrogen-bond donors (Lipinski definition) is 2. The van der Waals surface area contributed by atoms with Crippen molar-refractivity contribution in [3.63, 3.8) is 0 Å². The Labute approximate surface area is 190 Å². The van der Waals surface area contributed by atoms with E-state index in [1.165, 1.54) is 0 Å². The van der Waals surface area contributed by atoms with Crippen LogP contribution < -0.4 is 11.1 Å². The molecule has 2 aliphatic heterocycles. The van der Waals surface area contributed by atoms with E-state index in [1.54, 1.807) is 6.08 Å². The van der Waals surface area contributed by atoms with Gasteiger partial charge in [-0.3, -0.25) is 4.79 Å². The first-order chi connectivity index (χ1) is 14.6. The Morgan fingerprint density at radius 2 is 1.52 bits per heavy atom. The van der Waals surface area contributed by atoms with Crippen molar-refractivity contribution in [2.75, 3.05) is 0 Å². The molecule has 0 spiro atoms. The van der Waals surface area contributed by atoms with Gasteiger partial charge in [0.2, 0.25) is 5.91 Å². The largest absolute Gasteiger partial charge is 0.373 e. The summed E-state index contributed by atoms with van der Waals surface area (Å²) < 4.78 is 11.7. The van der Waals surface area contributed by atoms with Crippen LogP contribution in [0.5, 0.6) is 0 Å². The summed E-state index contributed by atoms with van der Waals surface area (Å²) in [6, 6.07) is 0.307. The summed E-state index contributed by atoms with van der Waals surface area (Å²) in [5.41, 5.74) is 5.88. The van der Waals surface area contributed by atoms with Gasteiger partial charge in [0.25, 0.3) is 0 Å². The van der Waals surface area contributed by atoms with E-state index >= 15 is 0 Å². The van der Waals surface area contributed by atoms with Crippen LogP contribution in [0.4, 0.5) is 0 Å². The van der Waals surface area contributed by atoms with Crippen LogP contribution in [0.3, 0.4) is 0 Å². The van der Waals surface area contributed by atoms with Gasteiger partial charge in [-0.2, -0.15) is 0 Å². The number of amides is 1. The smallest absolute Gasteiger partial charge is 0.243 e. The van der Waals surface area contributed by atoms with E-state index < -0.39 is 0 Å². The van der Waals surface area contributed by atoms with Crippen LogP contribution in [0.2, 0.25) is 0 Å². The fourth-order valence-electron chi connectivity index (χ4n) is 4.12. The monoisotopic (exact) mass is 434 g/mol. The normalized spacial score (nSPS) is 35.9. The van der Waals surface area contributed by atoms with E-state index in [2.05, 4.69) is 46.2 Å². The predicted octanol–water partition coefficient (Wildman–Crippen LogP) is 4.78. The van der Waals surface area contributed by atoms with Crippen LogP contribution in [0.15, 0.2) is 37.5 Å². The molecule has 2 fully saturated rings. The van der Waals surface area contributed by atoms with Gasteiger partial charge >= 0.3 is 0 Å². The number of carbonyl (C=O) groups excluding carboxylic acids is 1. The lowest BCUT2D eigenvalue weighted by Crippen LogP contribution is -2.50. The maximum absolute atomic E-state index is 11.8. The molecule has 0 bridgehead atoms. The Hall–Kier alpha value is -1.43. The van der Waals surface area contributed by atoms with E-state index in [0.29, 0.717) is 23.9 Å². The van der Waals surface area contributed by atoms with E-state index in [4.69, 9.17) is 15.2 Å². The third-order valence-electron chi connectivity index (χ3n) is 6.25. The molecule has 0 saturated carbocycles. The van der Waals surface area contributed by atoms with Crippen molar-refractivity contribution in [3.8, 4) is 0 Å². The predicted molar refractivity (Wildman–Crippen MR) is 130 cm³/mol. The van der Waals surface area contributed by atoms with Gasteiger partial charge in [0.1, 0.15) is 0 Å². The highest BCUT2D eigenvalue weighted by Gasteiger charge is 2.33. The summed E-state index contributed by atoms with van der Waals surface area (Å²) in [6.07, 6.45) is 12.0. The summed E-state index contributed by atoms with van der Waals surface area (Å²) in [6.45, 7) is 20.0. The topological polar surface area (TPSA) is 73.6 Å². The average Bonchev–Trinajstić information content (AvgIpc) is 2.69. The Bertz CT molecular complexity index is 589. The highest BCUT2D eigenvalue weighted by Crippen LogP contribution is 2.27. The third-order valence-corrected chi connectivity index (χ3v) is 6.25. The Balaban J connectivity index is 0.000000343. The molecule has 0 aromatic heterocycles. The number of carbonyl (C=O) groups is 1. The number of rotatable bonds is 7. The van der Waals surface area contributed by atoms with Crippen LogP contribution >= 0.6 is 0 Å². The lowest BCUT2D eigenvalue weighted by Gasteiger charge is -2.39. The second-order valence-corrected chi connectivity index (χ2v) is 9.62. The second kappa shape index (κ2) is 13.9. The summed E-state index contributed by atoms with van der Waals surface area (Å²) >= 11 is 0. The molecule has 5 nitrogen and oxygen atoms in total. The van der Waals surface area contributed by atoms with Crippen LogP contribution in [-0.4, -0.2) is 42.4 Å². The molecule has 5 heteroatoms. The van der Waals surface area contributed by atoms with E-state index in [0.717, 1.165) is 25.7 Å². The van der Waals surface area contributed by atoms with Gasteiger partial charge in [-0.25, -0.2) is 0 Å². The summed E-state index contributed by atoms with van der Waals surface area (Å²) in [4.78, 5) is 11.8. The molecule has 1 amide bonds. The molecule has 2 saturated heterocycles. The summed E-state index contributed by atoms with van der Waals surface area (Å²) in [5, 5.41) is 3.04. The summed E-state index contributed by atoms with van der Waals surface area (Å²) in [7, 11) is 0. The van der Waals surface area contributed by atoms with Gasteiger partial charge in [0.05, 0.1) is 30.5 Å². The van der Waals surface area contributed by atoms with Crippen LogP contribution in [0.1, 0.15) is 67.2 Å². The zero-order valence-corrected chi connectivity index (χ0v) is 20.6. The maximum Gasteiger partial charge on any atom is 0.243 e. The molecule has 0 aliphatic carbocycles. The molecule has 178 valence electrons. The molecule has 0 radical (unpaired) electrons. The minimum absolute atomic E-state index is 0.0245. The standard InChI is InChI=1S/C16H27NO2.C10H19NO/c1-6-7-15-12(4)10-14(13(5)19-15)17-16(18)9-8-11(2)3;1-4-5-10-7(2)6-9(11)8(3)12-10/h6,8-9,11-15H,1,7,10H2,2-5H3,(H,17,18);4,7-10H,1,5-6,11H2,2-3H3/b9-8-;/t12-,13+,14+,15-;7-,8+,9+,10-/m00/s1. The molecule has 31 heavy (non-hydrogen) atoms. The molecule has 2 aliphatic rings. The molecular weight excluding hydrogens is 388 g/mol. The second-order valence-electron chi connectivity index (χ2n) is 9.62. The molecule has 3 N–H and O–H groups in total.